The summed E-state index contributed by atoms with van der Waals surface area (Å²) in [4.78, 5) is 27.4. The molecule has 0 radical (unpaired) electrons. The Labute approximate surface area is 191 Å². The van der Waals surface area contributed by atoms with Crippen LogP contribution in [0.4, 0.5) is 0 Å². The number of aliphatic carboxylic acids is 1. The molecule has 0 unspecified atom stereocenters. The highest BCUT2D eigenvalue weighted by Gasteiger charge is 2.20. The molecular formula is C22H24Cl2N2O5. The zero-order chi connectivity index (χ0) is 22.4. The van der Waals surface area contributed by atoms with Crippen molar-refractivity contribution in [1.82, 2.24) is 9.80 Å². The van der Waals surface area contributed by atoms with E-state index in [0.29, 0.717) is 46.6 Å². The van der Waals surface area contributed by atoms with Crippen LogP contribution in [0.5, 0.6) is 11.5 Å². The van der Waals surface area contributed by atoms with E-state index in [1.165, 1.54) is 0 Å². The van der Waals surface area contributed by atoms with Gasteiger partial charge in [0.2, 0.25) is 0 Å². The number of carbonyl (C=O) groups is 2. The minimum atomic E-state index is -1.07. The number of ether oxygens (including phenoxy) is 2. The van der Waals surface area contributed by atoms with Gasteiger partial charge in [-0.1, -0.05) is 23.2 Å². The van der Waals surface area contributed by atoms with Crippen LogP contribution in [0.2, 0.25) is 10.0 Å². The molecule has 0 atom stereocenters. The molecule has 9 heteroatoms. The van der Waals surface area contributed by atoms with Crippen LogP contribution in [0.15, 0.2) is 36.4 Å². The van der Waals surface area contributed by atoms with Gasteiger partial charge in [-0.3, -0.25) is 4.79 Å². The molecular weight excluding hydrogens is 443 g/mol. The van der Waals surface area contributed by atoms with Crippen LogP contribution in [0, 0.1) is 0 Å². The fourth-order valence-electron chi connectivity index (χ4n) is 3.29. The van der Waals surface area contributed by atoms with Gasteiger partial charge in [0.15, 0.2) is 13.2 Å². The van der Waals surface area contributed by atoms with Crippen molar-refractivity contribution >= 4 is 35.1 Å². The Morgan fingerprint density at radius 2 is 1.42 bits per heavy atom. The van der Waals surface area contributed by atoms with Crippen molar-refractivity contribution in [2.75, 3.05) is 46.4 Å². The first-order chi connectivity index (χ1) is 14.8. The lowest BCUT2D eigenvalue weighted by Gasteiger charge is -2.32. The molecule has 3 rings (SSSR count). The van der Waals surface area contributed by atoms with E-state index < -0.39 is 12.6 Å². The van der Waals surface area contributed by atoms with Crippen molar-refractivity contribution in [2.45, 2.75) is 6.42 Å². The third-order valence-corrected chi connectivity index (χ3v) is 5.45. The SMILES string of the molecule is CN1CCN(C(=O)COc2ccc(Cl)cc2Cc2cc(Cl)ccc2OCC(=O)O)CC1. The molecule has 1 saturated heterocycles. The molecule has 1 amide bonds. The molecule has 166 valence electrons. The molecule has 1 aliphatic rings. The van der Waals surface area contributed by atoms with Crippen LogP contribution in [-0.2, 0) is 16.0 Å². The summed E-state index contributed by atoms with van der Waals surface area (Å²) in [5.74, 6) is -0.209. The van der Waals surface area contributed by atoms with Crippen LogP contribution >= 0.6 is 23.2 Å². The van der Waals surface area contributed by atoms with Crippen molar-refractivity contribution < 1.29 is 24.2 Å². The quantitative estimate of drug-likeness (QED) is 0.643. The highest BCUT2D eigenvalue weighted by atomic mass is 35.5. The summed E-state index contributed by atoms with van der Waals surface area (Å²) in [6, 6.07) is 10.1. The van der Waals surface area contributed by atoms with Gasteiger partial charge in [-0.05, 0) is 43.4 Å². The van der Waals surface area contributed by atoms with E-state index in [2.05, 4.69) is 4.90 Å². The number of benzene rings is 2. The maximum absolute atomic E-state index is 12.5. The number of carboxylic acid groups (broad SMARTS) is 1. The molecule has 0 saturated carbocycles. The van der Waals surface area contributed by atoms with Gasteiger partial charge in [0.05, 0.1) is 0 Å². The molecule has 0 bridgehead atoms. The number of carboxylic acids is 1. The molecule has 0 aromatic heterocycles. The van der Waals surface area contributed by atoms with E-state index >= 15 is 0 Å². The number of nitrogens with zero attached hydrogens (tertiary/aromatic N) is 2. The number of hydrogen-bond acceptors (Lipinski definition) is 5. The molecule has 0 spiro atoms. The smallest absolute Gasteiger partial charge is 0.341 e. The number of halogens is 2. The predicted octanol–water partition coefficient (Wildman–Crippen LogP) is 3.20. The van der Waals surface area contributed by atoms with Gasteiger partial charge in [-0.15, -0.1) is 0 Å². The lowest BCUT2D eigenvalue weighted by atomic mass is 10.0. The molecule has 1 heterocycles. The number of likely N-dealkylation sites (N-methyl/N-ethyl adjacent to an activating group) is 1. The fraction of sp³-hybridized carbons (Fsp3) is 0.364. The largest absolute Gasteiger partial charge is 0.483 e. The van der Waals surface area contributed by atoms with Crippen LogP contribution < -0.4 is 9.47 Å². The maximum atomic E-state index is 12.5. The lowest BCUT2D eigenvalue weighted by Crippen LogP contribution is -2.48. The van der Waals surface area contributed by atoms with Gasteiger partial charge in [0, 0.05) is 53.8 Å². The van der Waals surface area contributed by atoms with Crippen LogP contribution in [-0.4, -0.2) is 73.2 Å². The van der Waals surface area contributed by atoms with E-state index in [1.54, 1.807) is 41.3 Å². The Bertz CT molecular complexity index is 945. The van der Waals surface area contributed by atoms with E-state index in [1.807, 2.05) is 7.05 Å². The number of carbonyl (C=O) groups excluding carboxylic acids is 1. The average Bonchev–Trinajstić information content (AvgIpc) is 2.73. The third-order valence-electron chi connectivity index (χ3n) is 4.98. The molecule has 7 nitrogen and oxygen atoms in total. The summed E-state index contributed by atoms with van der Waals surface area (Å²) < 4.78 is 11.2. The molecule has 1 fully saturated rings. The van der Waals surface area contributed by atoms with Gasteiger partial charge < -0.3 is 24.4 Å². The summed E-state index contributed by atoms with van der Waals surface area (Å²) in [7, 11) is 2.03. The molecule has 1 aliphatic heterocycles. The molecule has 1 N–H and O–H groups in total. The molecule has 2 aromatic rings. The van der Waals surface area contributed by atoms with Crippen LogP contribution in [0.25, 0.3) is 0 Å². The van der Waals surface area contributed by atoms with E-state index in [9.17, 15) is 9.59 Å². The Morgan fingerprint density at radius 1 is 0.903 bits per heavy atom. The number of hydrogen-bond donors (Lipinski definition) is 1. The Morgan fingerprint density at radius 3 is 1.94 bits per heavy atom. The van der Waals surface area contributed by atoms with E-state index in [-0.39, 0.29) is 12.5 Å². The summed E-state index contributed by atoms with van der Waals surface area (Å²) >= 11 is 12.3. The monoisotopic (exact) mass is 466 g/mol. The third kappa shape index (κ3) is 6.75. The van der Waals surface area contributed by atoms with Crippen LogP contribution in [0.1, 0.15) is 11.1 Å². The minimum absolute atomic E-state index is 0.0674. The highest BCUT2D eigenvalue weighted by Crippen LogP contribution is 2.30. The van der Waals surface area contributed by atoms with Crippen molar-refractivity contribution in [3.8, 4) is 11.5 Å². The van der Waals surface area contributed by atoms with Gasteiger partial charge in [0.1, 0.15) is 11.5 Å². The summed E-state index contributed by atoms with van der Waals surface area (Å²) in [6.07, 6.45) is 0.341. The Kier molecular flexibility index (Phi) is 8.01. The first-order valence-electron chi connectivity index (χ1n) is 9.82. The van der Waals surface area contributed by atoms with E-state index in [4.69, 9.17) is 37.8 Å². The zero-order valence-corrected chi connectivity index (χ0v) is 18.7. The fourth-order valence-corrected chi connectivity index (χ4v) is 3.67. The highest BCUT2D eigenvalue weighted by molar-refractivity contribution is 6.31. The number of piperazine rings is 1. The Hall–Kier alpha value is -2.48. The van der Waals surface area contributed by atoms with Gasteiger partial charge in [0.25, 0.3) is 5.91 Å². The second-order valence-electron chi connectivity index (χ2n) is 7.34. The zero-order valence-electron chi connectivity index (χ0n) is 17.1. The normalized spacial score (nSPS) is 14.4. The molecule has 31 heavy (non-hydrogen) atoms. The number of rotatable bonds is 8. The Balaban J connectivity index is 1.74. The standard InChI is InChI=1S/C22H24Cl2N2O5/c1-25-6-8-26(9-7-25)21(27)13-30-19-4-2-17(23)11-15(19)10-16-12-18(24)3-5-20(16)31-14-22(28)29/h2-5,11-12H,6-10,13-14H2,1H3,(H,28,29). The topological polar surface area (TPSA) is 79.3 Å². The first-order valence-corrected chi connectivity index (χ1v) is 10.6. The van der Waals surface area contributed by atoms with Crippen molar-refractivity contribution in [1.29, 1.82) is 0 Å². The van der Waals surface area contributed by atoms with Gasteiger partial charge >= 0.3 is 5.97 Å². The lowest BCUT2D eigenvalue weighted by molar-refractivity contribution is -0.139. The second-order valence-corrected chi connectivity index (χ2v) is 8.21. The van der Waals surface area contributed by atoms with Gasteiger partial charge in [-0.2, -0.15) is 0 Å². The predicted molar refractivity (Wildman–Crippen MR) is 118 cm³/mol. The van der Waals surface area contributed by atoms with E-state index in [0.717, 1.165) is 18.7 Å². The van der Waals surface area contributed by atoms with Gasteiger partial charge in [-0.25, -0.2) is 4.79 Å². The summed E-state index contributed by atoms with van der Waals surface area (Å²) in [6.45, 7) is 2.50. The summed E-state index contributed by atoms with van der Waals surface area (Å²) in [5.41, 5.74) is 1.42. The van der Waals surface area contributed by atoms with Crippen molar-refractivity contribution in [3.05, 3.63) is 57.6 Å². The van der Waals surface area contributed by atoms with Crippen molar-refractivity contribution in [3.63, 3.8) is 0 Å². The van der Waals surface area contributed by atoms with Crippen LogP contribution in [0.3, 0.4) is 0 Å². The molecule has 0 aliphatic carbocycles. The maximum Gasteiger partial charge on any atom is 0.341 e. The average molecular weight is 467 g/mol. The summed E-state index contributed by atoms with van der Waals surface area (Å²) in [5, 5.41) is 9.92. The first kappa shape index (κ1) is 23.2. The minimum Gasteiger partial charge on any atom is -0.483 e. The van der Waals surface area contributed by atoms with Crippen molar-refractivity contribution in [2.24, 2.45) is 0 Å². The number of amides is 1. The molecule has 2 aromatic carbocycles. The second kappa shape index (κ2) is 10.7.